The molecule has 8 rings (SSSR count). The van der Waals surface area contributed by atoms with Gasteiger partial charge in [0.1, 0.15) is 0 Å². The number of hydrogen-bond acceptors (Lipinski definition) is 10. The molecule has 8 aliphatic rings. The van der Waals surface area contributed by atoms with Gasteiger partial charge in [0.25, 0.3) is 0 Å². The van der Waals surface area contributed by atoms with E-state index in [1.54, 1.807) is 13.8 Å². The second-order valence-corrected chi connectivity index (χ2v) is 23.3. The lowest BCUT2D eigenvalue weighted by molar-refractivity contribution is -0.148. The standard InChI is InChI=1S/C55H82N2O10/c1-7-52(60)64-28-38-20-44-40-24-42(46(26-40)48(44)22-38)30-66-54(62)13-15-56(34(5)58)50-11-9-36(17-32(50)3)19-37-10-12-51(33(4)18-37)57(35(6)59)16-14-55(63)67-31-43-25-41-27-47(43)49-23-39(21-45(41)49)29-65-53(61)8-2/h7-8,32-33,36-51H,1-2,9-31H2,3-6H3. The summed E-state index contributed by atoms with van der Waals surface area (Å²) in [6.45, 7) is 17.5. The zero-order valence-electron chi connectivity index (χ0n) is 41.2. The first-order valence-electron chi connectivity index (χ1n) is 26.6. The Morgan fingerprint density at radius 2 is 0.881 bits per heavy atom. The van der Waals surface area contributed by atoms with Crippen molar-refractivity contribution in [3.63, 3.8) is 0 Å². The van der Waals surface area contributed by atoms with E-state index in [1.807, 2.05) is 9.80 Å². The van der Waals surface area contributed by atoms with E-state index < -0.39 is 0 Å². The Morgan fingerprint density at radius 3 is 1.25 bits per heavy atom. The minimum absolute atomic E-state index is 0.0242. The van der Waals surface area contributed by atoms with Gasteiger partial charge in [-0.25, -0.2) is 9.59 Å². The topological polar surface area (TPSA) is 146 Å². The van der Waals surface area contributed by atoms with Gasteiger partial charge in [0.05, 0.1) is 39.3 Å². The minimum Gasteiger partial charge on any atom is -0.465 e. The van der Waals surface area contributed by atoms with Crippen molar-refractivity contribution in [3.8, 4) is 0 Å². The molecular formula is C55H82N2O10. The summed E-state index contributed by atoms with van der Waals surface area (Å²) in [5, 5.41) is 0. The molecule has 0 spiro atoms. The first-order chi connectivity index (χ1) is 32.2. The Balaban J connectivity index is 0.714. The number of carbonyl (C=O) groups excluding carboxylic acids is 6. The van der Waals surface area contributed by atoms with Gasteiger partial charge in [-0.3, -0.25) is 19.2 Å². The highest BCUT2D eigenvalue weighted by Crippen LogP contribution is 2.63. The zero-order chi connectivity index (χ0) is 47.5. The van der Waals surface area contributed by atoms with Crippen molar-refractivity contribution in [2.45, 2.75) is 149 Å². The molecule has 0 aromatic heterocycles. The lowest BCUT2D eigenvalue weighted by Crippen LogP contribution is -2.47. The van der Waals surface area contributed by atoms with Crippen molar-refractivity contribution < 1.29 is 47.7 Å². The number of nitrogens with zero attached hydrogens (tertiary/aromatic N) is 2. The van der Waals surface area contributed by atoms with E-state index in [-0.39, 0.29) is 60.6 Å². The van der Waals surface area contributed by atoms with Crippen LogP contribution in [0.25, 0.3) is 0 Å². The maximum Gasteiger partial charge on any atom is 0.330 e. The number of fused-ring (bicyclic) bond motifs is 10. The third kappa shape index (κ3) is 11.5. The van der Waals surface area contributed by atoms with E-state index in [0.717, 1.165) is 83.5 Å². The van der Waals surface area contributed by atoms with Crippen LogP contribution in [0.5, 0.6) is 0 Å². The average molecular weight is 931 g/mol. The van der Waals surface area contributed by atoms with Gasteiger partial charge in [-0.2, -0.15) is 0 Å². The van der Waals surface area contributed by atoms with E-state index in [0.29, 0.717) is 134 Å². The summed E-state index contributed by atoms with van der Waals surface area (Å²) in [6.07, 6.45) is 19.3. The highest BCUT2D eigenvalue weighted by molar-refractivity contribution is 5.81. The van der Waals surface area contributed by atoms with Gasteiger partial charge >= 0.3 is 23.9 Å². The average Bonchev–Trinajstić information content (AvgIpc) is 4.16. The Labute approximate surface area is 400 Å². The maximum absolute atomic E-state index is 13.1. The smallest absolute Gasteiger partial charge is 0.330 e. The molecule has 2 amide bonds. The largest absolute Gasteiger partial charge is 0.465 e. The number of esters is 4. The lowest BCUT2D eigenvalue weighted by Gasteiger charge is -2.44. The zero-order valence-corrected chi connectivity index (χ0v) is 41.2. The minimum atomic E-state index is -0.350. The van der Waals surface area contributed by atoms with E-state index in [1.165, 1.54) is 25.0 Å². The second-order valence-electron chi connectivity index (χ2n) is 23.3. The van der Waals surface area contributed by atoms with Gasteiger partial charge in [-0.1, -0.05) is 27.0 Å². The van der Waals surface area contributed by atoms with Crippen LogP contribution in [0.4, 0.5) is 0 Å². The Hall–Kier alpha value is -3.70. The summed E-state index contributed by atoms with van der Waals surface area (Å²) in [5.41, 5.74) is 0. The van der Waals surface area contributed by atoms with Crippen LogP contribution in [-0.2, 0) is 47.7 Å². The molecule has 0 saturated heterocycles. The van der Waals surface area contributed by atoms with Gasteiger partial charge < -0.3 is 28.7 Å². The van der Waals surface area contributed by atoms with Crippen LogP contribution in [0, 0.1) is 94.7 Å². The Bertz CT molecular complexity index is 1710. The predicted molar refractivity (Wildman–Crippen MR) is 252 cm³/mol. The molecular weight excluding hydrogens is 849 g/mol. The number of carbonyl (C=O) groups is 6. The molecule has 0 aromatic carbocycles. The number of ether oxygens (including phenoxy) is 4. The van der Waals surface area contributed by atoms with Crippen molar-refractivity contribution in [2.24, 2.45) is 94.7 Å². The van der Waals surface area contributed by atoms with Gasteiger partial charge in [-0.05, 0) is 191 Å². The molecule has 372 valence electrons. The molecule has 18 atom stereocenters. The summed E-state index contributed by atoms with van der Waals surface area (Å²) in [7, 11) is 0. The fourth-order valence-corrected chi connectivity index (χ4v) is 16.7. The van der Waals surface area contributed by atoms with Crippen LogP contribution in [-0.4, -0.2) is 97.1 Å². The molecule has 0 radical (unpaired) electrons. The molecule has 67 heavy (non-hydrogen) atoms. The summed E-state index contributed by atoms with van der Waals surface area (Å²) in [4.78, 5) is 79.3. The highest BCUT2D eigenvalue weighted by atomic mass is 16.5. The second kappa shape index (κ2) is 21.9. The molecule has 12 nitrogen and oxygen atoms in total. The molecule has 8 fully saturated rings. The van der Waals surface area contributed by atoms with Crippen molar-refractivity contribution in [2.75, 3.05) is 39.5 Å². The molecule has 8 aliphatic carbocycles. The van der Waals surface area contributed by atoms with Crippen LogP contribution >= 0.6 is 0 Å². The summed E-state index contributed by atoms with van der Waals surface area (Å²) < 4.78 is 22.6. The van der Waals surface area contributed by atoms with Gasteiger partial charge in [-0.15, -0.1) is 0 Å². The van der Waals surface area contributed by atoms with Crippen LogP contribution < -0.4 is 0 Å². The fourth-order valence-electron chi connectivity index (χ4n) is 16.7. The summed E-state index contributed by atoms with van der Waals surface area (Å²) in [6, 6.07) is 0.247. The van der Waals surface area contributed by atoms with Gasteiger partial charge in [0.2, 0.25) is 11.8 Å². The first kappa shape index (κ1) is 49.7. The SMILES string of the molecule is C=CC(=O)OCC1CC2C3CC(COC(=O)CCN(C(C)=O)C4CCC(CC5CCC(N(CCC(=O)OCC6CC7CC6C6CC(COC(=O)C=C)CC76)C(C)=O)C(C)C5)CC4C)C(C3)C2C1. The van der Waals surface area contributed by atoms with Crippen LogP contribution in [0.15, 0.2) is 25.3 Å². The number of amides is 2. The Kier molecular flexibility index (Phi) is 16.3. The first-order valence-corrected chi connectivity index (χ1v) is 26.6. The highest BCUT2D eigenvalue weighted by Gasteiger charge is 2.57. The van der Waals surface area contributed by atoms with Crippen LogP contribution in [0.2, 0.25) is 0 Å². The third-order valence-electron chi connectivity index (χ3n) is 19.4. The summed E-state index contributed by atoms with van der Waals surface area (Å²) >= 11 is 0. The Morgan fingerprint density at radius 1 is 0.478 bits per heavy atom. The van der Waals surface area contributed by atoms with Gasteiger partial charge in [0, 0.05) is 51.2 Å². The van der Waals surface area contributed by atoms with E-state index in [2.05, 4.69) is 27.0 Å². The molecule has 0 heterocycles. The van der Waals surface area contributed by atoms with Crippen molar-refractivity contribution in [1.29, 1.82) is 0 Å². The van der Waals surface area contributed by atoms with E-state index in [9.17, 15) is 28.8 Å². The van der Waals surface area contributed by atoms with E-state index in [4.69, 9.17) is 18.9 Å². The summed E-state index contributed by atoms with van der Waals surface area (Å²) in [5.74, 6) is 7.59. The van der Waals surface area contributed by atoms with Crippen LogP contribution in [0.1, 0.15) is 137 Å². The van der Waals surface area contributed by atoms with Gasteiger partial charge in [0.15, 0.2) is 0 Å². The normalized spacial score (nSPS) is 38.9. The number of hydrogen-bond donors (Lipinski definition) is 0. The van der Waals surface area contributed by atoms with Crippen LogP contribution in [0.3, 0.4) is 0 Å². The molecule has 4 bridgehead atoms. The molecule has 0 aliphatic heterocycles. The monoisotopic (exact) mass is 931 g/mol. The molecule has 8 saturated carbocycles. The molecule has 0 N–H and O–H groups in total. The van der Waals surface area contributed by atoms with E-state index >= 15 is 0 Å². The maximum atomic E-state index is 13.1. The number of rotatable bonds is 20. The molecule has 0 aromatic rings. The molecule has 12 heteroatoms. The van der Waals surface area contributed by atoms with Crippen molar-refractivity contribution in [1.82, 2.24) is 9.80 Å². The lowest BCUT2D eigenvalue weighted by atomic mass is 9.70. The van der Waals surface area contributed by atoms with Crippen molar-refractivity contribution in [3.05, 3.63) is 25.3 Å². The predicted octanol–water partition coefficient (Wildman–Crippen LogP) is 8.60. The quantitative estimate of drug-likeness (QED) is 0.0661. The molecule has 18 unspecified atom stereocenters. The van der Waals surface area contributed by atoms with Crippen molar-refractivity contribution >= 4 is 35.7 Å². The third-order valence-corrected chi connectivity index (χ3v) is 19.4. The fraction of sp³-hybridized carbons (Fsp3) is 0.818.